The Kier molecular flexibility index (Phi) is 4.38. The van der Waals surface area contributed by atoms with Gasteiger partial charge in [0.2, 0.25) is 10.0 Å². The van der Waals surface area contributed by atoms with Crippen molar-refractivity contribution in [1.82, 2.24) is 9.29 Å². The van der Waals surface area contributed by atoms with Crippen LogP contribution in [0.5, 0.6) is 0 Å². The number of rotatable bonds is 5. The summed E-state index contributed by atoms with van der Waals surface area (Å²) in [6.07, 6.45) is 3.27. The second-order valence-electron chi connectivity index (χ2n) is 4.80. The second kappa shape index (κ2) is 5.96. The molecule has 1 saturated carbocycles. The Hall–Kier alpha value is -0.470. The molecule has 0 radical (unpaired) electrons. The van der Waals surface area contributed by atoms with Crippen LogP contribution in [0.1, 0.15) is 17.7 Å². The summed E-state index contributed by atoms with van der Waals surface area (Å²) in [5.74, 6) is 0. The van der Waals surface area contributed by atoms with Crippen LogP contribution in [0.3, 0.4) is 0 Å². The molecule has 0 aliphatic heterocycles. The first-order valence-electron chi connectivity index (χ1n) is 6.34. The molecule has 0 spiro atoms. The van der Waals surface area contributed by atoms with Gasteiger partial charge in [0.05, 0.1) is 0 Å². The van der Waals surface area contributed by atoms with Gasteiger partial charge in [-0.05, 0) is 46.3 Å². The van der Waals surface area contributed by atoms with Crippen molar-refractivity contribution in [3.63, 3.8) is 0 Å². The molecule has 1 fully saturated rings. The molecule has 21 heavy (non-hydrogen) atoms. The van der Waals surface area contributed by atoms with Crippen molar-refractivity contribution < 1.29 is 8.42 Å². The highest BCUT2D eigenvalue weighted by molar-refractivity contribution is 9.10. The van der Waals surface area contributed by atoms with Crippen LogP contribution in [-0.2, 0) is 16.6 Å². The normalized spacial score (nSPS) is 15.6. The fourth-order valence-corrected chi connectivity index (χ4v) is 5.41. The minimum Gasteiger partial charge on any atom is -0.242 e. The monoisotopic (exact) mass is 406 g/mol. The van der Waals surface area contributed by atoms with Crippen LogP contribution in [0.15, 0.2) is 39.1 Å². The molecule has 112 valence electrons. The average molecular weight is 408 g/mol. The summed E-state index contributed by atoms with van der Waals surface area (Å²) in [4.78, 5) is 4.99. The molecular weight excluding hydrogens is 396 g/mol. The van der Waals surface area contributed by atoms with Crippen LogP contribution in [0.4, 0.5) is 0 Å². The molecule has 0 N–H and O–H groups in total. The SMILES string of the molecule is O=S(=O)(c1cc(Br)cnc1Cl)N(Cc1cccs1)C1CC1. The Balaban J connectivity index is 1.99. The molecule has 1 aliphatic carbocycles. The predicted octanol–water partition coefficient (Wildman–Crippen LogP) is 3.91. The van der Waals surface area contributed by atoms with E-state index in [0.29, 0.717) is 11.0 Å². The van der Waals surface area contributed by atoms with Gasteiger partial charge in [-0.3, -0.25) is 0 Å². The van der Waals surface area contributed by atoms with E-state index in [1.807, 2.05) is 17.5 Å². The fraction of sp³-hybridized carbons (Fsp3) is 0.308. The van der Waals surface area contributed by atoms with Gasteiger partial charge < -0.3 is 0 Å². The van der Waals surface area contributed by atoms with Gasteiger partial charge in [-0.25, -0.2) is 13.4 Å². The van der Waals surface area contributed by atoms with Gasteiger partial charge in [0, 0.05) is 28.1 Å². The molecule has 2 heterocycles. The van der Waals surface area contributed by atoms with E-state index in [1.165, 1.54) is 16.6 Å². The molecule has 0 bridgehead atoms. The van der Waals surface area contributed by atoms with Crippen molar-refractivity contribution in [2.45, 2.75) is 30.3 Å². The van der Waals surface area contributed by atoms with Crippen molar-refractivity contribution >= 4 is 48.9 Å². The van der Waals surface area contributed by atoms with Gasteiger partial charge in [-0.2, -0.15) is 4.31 Å². The standard InChI is InChI=1S/C13H12BrClN2O2S2/c14-9-6-12(13(15)16-7-9)21(18,19)17(10-3-4-10)8-11-2-1-5-20-11/h1-2,5-7,10H,3-4,8H2. The third-order valence-electron chi connectivity index (χ3n) is 3.21. The van der Waals surface area contributed by atoms with E-state index in [9.17, 15) is 8.42 Å². The molecule has 0 aromatic carbocycles. The van der Waals surface area contributed by atoms with Gasteiger partial charge in [0.25, 0.3) is 0 Å². The van der Waals surface area contributed by atoms with Gasteiger partial charge in [0.15, 0.2) is 0 Å². The van der Waals surface area contributed by atoms with Gasteiger partial charge in [0.1, 0.15) is 10.0 Å². The maximum absolute atomic E-state index is 12.9. The van der Waals surface area contributed by atoms with Crippen LogP contribution in [0.2, 0.25) is 5.15 Å². The lowest BCUT2D eigenvalue weighted by atomic mass is 10.4. The molecule has 0 atom stereocenters. The summed E-state index contributed by atoms with van der Waals surface area (Å²) in [6, 6.07) is 5.43. The summed E-state index contributed by atoms with van der Waals surface area (Å²) in [5.41, 5.74) is 0. The summed E-state index contributed by atoms with van der Waals surface area (Å²) in [5, 5.41) is 1.95. The Morgan fingerprint density at radius 2 is 2.24 bits per heavy atom. The fourth-order valence-electron chi connectivity index (χ4n) is 2.04. The van der Waals surface area contributed by atoms with E-state index in [1.54, 1.807) is 11.3 Å². The maximum atomic E-state index is 12.9. The lowest BCUT2D eigenvalue weighted by Crippen LogP contribution is -2.32. The molecule has 8 heteroatoms. The average Bonchev–Trinajstić information content (AvgIpc) is 3.14. The highest BCUT2D eigenvalue weighted by Crippen LogP contribution is 2.36. The van der Waals surface area contributed by atoms with Crippen LogP contribution >= 0.6 is 38.9 Å². The minimum atomic E-state index is -3.65. The van der Waals surface area contributed by atoms with Crippen LogP contribution in [0, 0.1) is 0 Å². The van der Waals surface area contributed by atoms with Crippen LogP contribution < -0.4 is 0 Å². The van der Waals surface area contributed by atoms with Crippen LogP contribution in [0.25, 0.3) is 0 Å². The number of nitrogens with zero attached hydrogens (tertiary/aromatic N) is 2. The topological polar surface area (TPSA) is 50.3 Å². The van der Waals surface area contributed by atoms with Crippen molar-refractivity contribution in [3.8, 4) is 0 Å². The van der Waals surface area contributed by atoms with Gasteiger partial charge in [-0.15, -0.1) is 11.3 Å². The summed E-state index contributed by atoms with van der Waals surface area (Å²) < 4.78 is 27.9. The first-order valence-corrected chi connectivity index (χ1v) is 9.83. The number of hydrogen-bond acceptors (Lipinski definition) is 4. The highest BCUT2D eigenvalue weighted by atomic mass is 79.9. The maximum Gasteiger partial charge on any atom is 0.246 e. The molecule has 2 aromatic rings. The van der Waals surface area contributed by atoms with E-state index in [0.717, 1.165) is 17.7 Å². The second-order valence-corrected chi connectivity index (χ2v) is 8.97. The third kappa shape index (κ3) is 3.32. The predicted molar refractivity (Wildman–Crippen MR) is 87.0 cm³/mol. The van der Waals surface area contributed by atoms with Crippen molar-refractivity contribution in [3.05, 3.63) is 44.3 Å². The first-order chi connectivity index (χ1) is 9.98. The quantitative estimate of drug-likeness (QED) is 0.706. The zero-order valence-corrected chi connectivity index (χ0v) is 14.8. The Morgan fingerprint density at radius 1 is 1.48 bits per heavy atom. The number of pyridine rings is 1. The minimum absolute atomic E-state index is 0.00929. The molecule has 0 unspecified atom stereocenters. The lowest BCUT2D eigenvalue weighted by molar-refractivity contribution is 0.401. The molecule has 4 nitrogen and oxygen atoms in total. The van der Waals surface area contributed by atoms with E-state index in [-0.39, 0.29) is 16.1 Å². The Labute approximate surface area is 140 Å². The molecule has 1 aliphatic rings. The summed E-state index contributed by atoms with van der Waals surface area (Å²) in [7, 11) is -3.65. The van der Waals surface area contributed by atoms with Crippen molar-refractivity contribution in [2.75, 3.05) is 0 Å². The summed E-state index contributed by atoms with van der Waals surface area (Å²) in [6.45, 7) is 0.382. The first kappa shape index (κ1) is 15.4. The molecule has 0 amide bonds. The number of thiophene rings is 1. The summed E-state index contributed by atoms with van der Waals surface area (Å²) >= 11 is 10.8. The Morgan fingerprint density at radius 3 is 2.86 bits per heavy atom. The van der Waals surface area contributed by atoms with Gasteiger partial charge >= 0.3 is 0 Å². The number of halogens is 2. The van der Waals surface area contributed by atoms with E-state index >= 15 is 0 Å². The Bertz CT molecular complexity index is 746. The molecule has 2 aromatic heterocycles. The third-order valence-corrected chi connectivity index (χ3v) is 6.83. The molecule has 0 saturated heterocycles. The zero-order valence-electron chi connectivity index (χ0n) is 10.9. The van der Waals surface area contributed by atoms with E-state index in [4.69, 9.17) is 11.6 Å². The van der Waals surface area contributed by atoms with E-state index < -0.39 is 10.0 Å². The van der Waals surface area contributed by atoms with Crippen molar-refractivity contribution in [2.24, 2.45) is 0 Å². The van der Waals surface area contributed by atoms with Crippen LogP contribution in [-0.4, -0.2) is 23.7 Å². The van der Waals surface area contributed by atoms with Crippen molar-refractivity contribution in [1.29, 1.82) is 0 Å². The number of aromatic nitrogens is 1. The smallest absolute Gasteiger partial charge is 0.242 e. The number of hydrogen-bond donors (Lipinski definition) is 0. The lowest BCUT2D eigenvalue weighted by Gasteiger charge is -2.21. The highest BCUT2D eigenvalue weighted by Gasteiger charge is 2.39. The largest absolute Gasteiger partial charge is 0.246 e. The van der Waals surface area contributed by atoms with Gasteiger partial charge in [-0.1, -0.05) is 17.7 Å². The zero-order chi connectivity index (χ0) is 15.0. The molecule has 3 rings (SSSR count). The number of sulfonamides is 1. The van der Waals surface area contributed by atoms with E-state index in [2.05, 4.69) is 20.9 Å². The molecular formula is C13H12BrClN2O2S2.